The van der Waals surface area contributed by atoms with E-state index in [1.54, 1.807) is 13.2 Å². The second kappa shape index (κ2) is 11.2. The average Bonchev–Trinajstić information content (AvgIpc) is 3.50. The van der Waals surface area contributed by atoms with Crippen molar-refractivity contribution in [2.75, 3.05) is 63.2 Å². The molecule has 2 aromatic rings. The number of benzene rings is 1. The van der Waals surface area contributed by atoms with E-state index >= 15 is 4.39 Å². The Labute approximate surface area is 217 Å². The van der Waals surface area contributed by atoms with Crippen LogP contribution in [-0.4, -0.2) is 73.7 Å². The van der Waals surface area contributed by atoms with Crippen LogP contribution in [0.3, 0.4) is 0 Å². The van der Waals surface area contributed by atoms with Gasteiger partial charge >= 0.3 is 6.01 Å². The molecule has 0 bridgehead atoms. The minimum atomic E-state index is -0.385. The Hall–Kier alpha value is -3.56. The van der Waals surface area contributed by atoms with Gasteiger partial charge in [0.05, 0.1) is 13.2 Å². The minimum absolute atomic E-state index is 0.0932. The van der Waals surface area contributed by atoms with Gasteiger partial charge in [0.25, 0.3) is 0 Å². The van der Waals surface area contributed by atoms with Crippen LogP contribution in [0.1, 0.15) is 25.0 Å². The summed E-state index contributed by atoms with van der Waals surface area (Å²) in [5, 5.41) is 3.29. The first-order chi connectivity index (χ1) is 18.0. The SMILES string of the molecule is C/C=C/C1=CC(Nc2cc(N3CCN(CCOC)CC3)nc(Oc3ccc4c(c3F)C=C(C)C4)n2)=NC1. The summed E-state index contributed by atoms with van der Waals surface area (Å²) in [7, 11) is 1.72. The van der Waals surface area contributed by atoms with Crippen molar-refractivity contribution in [3.05, 3.63) is 64.5 Å². The molecule has 0 atom stereocenters. The number of halogens is 1. The maximum atomic E-state index is 15.3. The standard InChI is InChI=1S/C28H33FN6O2/c1-4-5-20-16-24(30-18-20)31-25-17-26(35-10-8-34(9-11-35)12-13-36-3)33-28(32-25)37-23-7-6-21-14-19(2)15-22(21)27(23)29/h4-7,15-17H,8-14,18H2,1-3H3,(H,30,31,32,33)/b5-4+. The zero-order valence-corrected chi connectivity index (χ0v) is 21.6. The number of aliphatic imine (C=N–C) groups is 1. The van der Waals surface area contributed by atoms with Crippen molar-refractivity contribution in [1.82, 2.24) is 14.9 Å². The molecule has 37 heavy (non-hydrogen) atoms. The minimum Gasteiger partial charge on any atom is -0.421 e. The van der Waals surface area contributed by atoms with Crippen molar-refractivity contribution in [3.63, 3.8) is 0 Å². The molecule has 1 N–H and O–H groups in total. The molecule has 5 rings (SSSR count). The van der Waals surface area contributed by atoms with Gasteiger partial charge in [-0.2, -0.15) is 9.97 Å². The lowest BCUT2D eigenvalue weighted by Crippen LogP contribution is -2.47. The highest BCUT2D eigenvalue weighted by atomic mass is 19.1. The van der Waals surface area contributed by atoms with E-state index in [0.29, 0.717) is 24.5 Å². The van der Waals surface area contributed by atoms with Crippen LogP contribution >= 0.6 is 0 Å². The third-order valence-electron chi connectivity index (χ3n) is 6.69. The highest BCUT2D eigenvalue weighted by Gasteiger charge is 2.22. The lowest BCUT2D eigenvalue weighted by atomic mass is 10.1. The predicted octanol–water partition coefficient (Wildman–Crippen LogP) is 4.46. The summed E-state index contributed by atoms with van der Waals surface area (Å²) < 4.78 is 26.4. The molecule has 1 aromatic carbocycles. The molecule has 0 radical (unpaired) electrons. The summed E-state index contributed by atoms with van der Waals surface area (Å²) in [6.07, 6.45) is 8.65. The molecule has 1 fully saturated rings. The Kier molecular flexibility index (Phi) is 7.62. The Balaban J connectivity index is 1.40. The molecular weight excluding hydrogens is 471 g/mol. The zero-order chi connectivity index (χ0) is 25.8. The number of piperazine rings is 1. The molecule has 0 unspecified atom stereocenters. The second-order valence-electron chi connectivity index (χ2n) is 9.48. The van der Waals surface area contributed by atoms with Gasteiger partial charge in [-0.25, -0.2) is 4.39 Å². The van der Waals surface area contributed by atoms with Gasteiger partial charge in [0.1, 0.15) is 17.5 Å². The van der Waals surface area contributed by atoms with Crippen LogP contribution in [0.2, 0.25) is 0 Å². The molecule has 8 nitrogen and oxygen atoms in total. The number of hydrogen-bond donors (Lipinski definition) is 1. The first kappa shape index (κ1) is 25.1. The average molecular weight is 505 g/mol. The molecule has 1 aromatic heterocycles. The number of fused-ring (bicyclic) bond motifs is 1. The van der Waals surface area contributed by atoms with Crippen LogP contribution in [0.15, 0.2) is 52.6 Å². The monoisotopic (exact) mass is 504 g/mol. The van der Waals surface area contributed by atoms with E-state index in [4.69, 9.17) is 9.47 Å². The van der Waals surface area contributed by atoms with Gasteiger partial charge in [0.15, 0.2) is 11.6 Å². The van der Waals surface area contributed by atoms with Gasteiger partial charge in [-0.3, -0.25) is 9.89 Å². The summed E-state index contributed by atoms with van der Waals surface area (Å²) in [6, 6.07) is 5.55. The Morgan fingerprint density at radius 2 is 1.97 bits per heavy atom. The fourth-order valence-electron chi connectivity index (χ4n) is 4.77. The third-order valence-corrected chi connectivity index (χ3v) is 6.69. The summed E-state index contributed by atoms with van der Waals surface area (Å²) in [6.45, 7) is 9.64. The maximum absolute atomic E-state index is 15.3. The number of ether oxygens (including phenoxy) is 2. The number of nitrogens with one attached hydrogen (secondary N) is 1. The Bertz CT molecular complexity index is 1280. The van der Waals surface area contributed by atoms with Crippen molar-refractivity contribution in [3.8, 4) is 11.8 Å². The molecule has 9 heteroatoms. The second-order valence-corrected chi connectivity index (χ2v) is 9.48. The fourth-order valence-corrected chi connectivity index (χ4v) is 4.77. The molecule has 0 amide bonds. The van der Waals surface area contributed by atoms with Crippen molar-refractivity contribution >= 4 is 23.5 Å². The number of rotatable bonds is 8. The van der Waals surface area contributed by atoms with Crippen molar-refractivity contribution < 1.29 is 13.9 Å². The van der Waals surface area contributed by atoms with Gasteiger partial charge < -0.3 is 19.7 Å². The molecule has 3 heterocycles. The Morgan fingerprint density at radius 3 is 2.76 bits per heavy atom. The molecule has 3 aliphatic rings. The summed E-state index contributed by atoms with van der Waals surface area (Å²) in [5.41, 5.74) is 3.79. The van der Waals surface area contributed by atoms with E-state index in [0.717, 1.165) is 67.5 Å². The molecule has 0 saturated carbocycles. The number of methoxy groups -OCH3 is 1. The highest BCUT2D eigenvalue weighted by Crippen LogP contribution is 2.34. The van der Waals surface area contributed by atoms with Gasteiger partial charge in [0.2, 0.25) is 0 Å². The molecule has 1 aliphatic carbocycles. The van der Waals surface area contributed by atoms with Gasteiger partial charge in [-0.05, 0) is 43.5 Å². The smallest absolute Gasteiger partial charge is 0.326 e. The van der Waals surface area contributed by atoms with E-state index in [1.807, 2.05) is 50.3 Å². The van der Waals surface area contributed by atoms with Crippen LogP contribution in [0, 0.1) is 5.82 Å². The lowest BCUT2D eigenvalue weighted by Gasteiger charge is -2.35. The number of anilines is 2. The first-order valence-corrected chi connectivity index (χ1v) is 12.7. The number of amidine groups is 1. The predicted molar refractivity (Wildman–Crippen MR) is 145 cm³/mol. The van der Waals surface area contributed by atoms with E-state index in [2.05, 4.69) is 30.1 Å². The normalized spacial score (nSPS) is 17.6. The molecule has 194 valence electrons. The maximum Gasteiger partial charge on any atom is 0.326 e. The van der Waals surface area contributed by atoms with Crippen molar-refractivity contribution in [1.29, 1.82) is 0 Å². The quantitative estimate of drug-likeness (QED) is 0.569. The van der Waals surface area contributed by atoms with Crippen LogP contribution < -0.4 is 15.0 Å². The van der Waals surface area contributed by atoms with Gasteiger partial charge in [0, 0.05) is 51.5 Å². The van der Waals surface area contributed by atoms with Crippen LogP contribution in [0.4, 0.5) is 16.0 Å². The number of aromatic nitrogens is 2. The number of allylic oxidation sites excluding steroid dienone is 2. The molecule has 2 aliphatic heterocycles. The highest BCUT2D eigenvalue weighted by molar-refractivity contribution is 6.05. The van der Waals surface area contributed by atoms with Crippen molar-refractivity contribution in [2.45, 2.75) is 20.3 Å². The fraction of sp³-hybridized carbons (Fsp3) is 0.393. The van der Waals surface area contributed by atoms with Gasteiger partial charge in [-0.1, -0.05) is 29.9 Å². The zero-order valence-electron chi connectivity index (χ0n) is 21.6. The van der Waals surface area contributed by atoms with E-state index in [-0.39, 0.29) is 17.6 Å². The van der Waals surface area contributed by atoms with E-state index in [9.17, 15) is 0 Å². The van der Waals surface area contributed by atoms with Gasteiger partial charge in [-0.15, -0.1) is 0 Å². The van der Waals surface area contributed by atoms with Crippen molar-refractivity contribution in [2.24, 2.45) is 4.99 Å². The van der Waals surface area contributed by atoms with Crippen LogP contribution in [0.25, 0.3) is 6.08 Å². The van der Waals surface area contributed by atoms with E-state index in [1.165, 1.54) is 0 Å². The Morgan fingerprint density at radius 1 is 1.14 bits per heavy atom. The topological polar surface area (TPSA) is 75.1 Å². The first-order valence-electron chi connectivity index (χ1n) is 12.7. The summed E-state index contributed by atoms with van der Waals surface area (Å²) in [5.74, 6) is 1.73. The largest absolute Gasteiger partial charge is 0.421 e. The summed E-state index contributed by atoms with van der Waals surface area (Å²) in [4.78, 5) is 18.3. The summed E-state index contributed by atoms with van der Waals surface area (Å²) >= 11 is 0. The lowest BCUT2D eigenvalue weighted by molar-refractivity contribution is 0.144. The van der Waals surface area contributed by atoms with Crippen LogP contribution in [-0.2, 0) is 11.2 Å². The third kappa shape index (κ3) is 5.89. The number of hydrogen-bond acceptors (Lipinski definition) is 8. The number of nitrogens with zero attached hydrogens (tertiary/aromatic N) is 5. The van der Waals surface area contributed by atoms with Crippen LogP contribution in [0.5, 0.6) is 11.8 Å². The molecular formula is C28H33FN6O2. The molecule has 0 spiro atoms. The van der Waals surface area contributed by atoms with E-state index < -0.39 is 0 Å². The molecule has 1 saturated heterocycles.